The number of ether oxygens (including phenoxy) is 3. The summed E-state index contributed by atoms with van der Waals surface area (Å²) in [4.78, 5) is 38.4. The maximum Gasteiger partial charge on any atom is 0.306 e. The fraction of sp³-hybridized carbons (Fsp3) is 0.613. The molecule has 0 aromatic rings. The summed E-state index contributed by atoms with van der Waals surface area (Å²) in [5.41, 5.74) is 0. The van der Waals surface area contributed by atoms with Crippen LogP contribution in [0.2, 0.25) is 0 Å². The SMILES string of the molecule is CC/C=C\C/C=C\C/C=C\C/C=C\C/C=C\C/C=C\C/C=C\CCCCCCCC(=O)OCC(COC(=O)CCC/C=C\C/C=C\C/C=C\C/C=C\C/C=C\CC)OC(=O)CCCCCCCCCCC/C=C\CCCCCCCC. The van der Waals surface area contributed by atoms with Crippen LogP contribution in [0.5, 0.6) is 0 Å². The molecule has 81 heavy (non-hydrogen) atoms. The highest BCUT2D eigenvalue weighted by Gasteiger charge is 2.19. The lowest BCUT2D eigenvalue weighted by molar-refractivity contribution is -0.167. The molecule has 0 aliphatic carbocycles. The fourth-order valence-electron chi connectivity index (χ4n) is 8.63. The average Bonchev–Trinajstić information content (AvgIpc) is 3.47. The summed E-state index contributed by atoms with van der Waals surface area (Å²) in [5.74, 6) is -0.992. The van der Waals surface area contributed by atoms with Gasteiger partial charge in [0.2, 0.25) is 0 Å². The van der Waals surface area contributed by atoms with Gasteiger partial charge in [0, 0.05) is 19.3 Å². The van der Waals surface area contributed by atoms with Crippen molar-refractivity contribution < 1.29 is 28.6 Å². The first-order valence-electron chi connectivity index (χ1n) is 33.0. The number of allylic oxidation sites excluding steroid dienone is 26. The minimum absolute atomic E-state index is 0.113. The van der Waals surface area contributed by atoms with E-state index in [0.29, 0.717) is 19.3 Å². The third-order valence-corrected chi connectivity index (χ3v) is 13.5. The highest BCUT2D eigenvalue weighted by atomic mass is 16.6. The molecule has 0 amide bonds. The molecule has 0 N–H and O–H groups in total. The van der Waals surface area contributed by atoms with E-state index < -0.39 is 6.10 Å². The lowest BCUT2D eigenvalue weighted by Crippen LogP contribution is -2.30. The molecule has 6 heteroatoms. The van der Waals surface area contributed by atoms with Gasteiger partial charge in [0.15, 0.2) is 6.10 Å². The predicted octanol–water partition coefficient (Wildman–Crippen LogP) is 22.9. The van der Waals surface area contributed by atoms with Gasteiger partial charge < -0.3 is 14.2 Å². The second-order valence-corrected chi connectivity index (χ2v) is 21.3. The zero-order valence-corrected chi connectivity index (χ0v) is 52.2. The van der Waals surface area contributed by atoms with Gasteiger partial charge in [-0.25, -0.2) is 0 Å². The Hall–Kier alpha value is -4.97. The van der Waals surface area contributed by atoms with E-state index in [2.05, 4.69) is 179 Å². The van der Waals surface area contributed by atoms with E-state index in [1.165, 1.54) is 89.9 Å². The van der Waals surface area contributed by atoms with Gasteiger partial charge in [-0.3, -0.25) is 14.4 Å². The first kappa shape index (κ1) is 76.0. The van der Waals surface area contributed by atoms with Crippen molar-refractivity contribution in [2.75, 3.05) is 13.2 Å². The molecule has 456 valence electrons. The summed E-state index contributed by atoms with van der Waals surface area (Å²) >= 11 is 0. The molecular weight excluding hydrogens is 997 g/mol. The Morgan fingerprint density at radius 3 is 0.815 bits per heavy atom. The van der Waals surface area contributed by atoms with Gasteiger partial charge in [-0.1, -0.05) is 275 Å². The summed E-state index contributed by atoms with van der Waals surface area (Å²) in [5, 5.41) is 0. The van der Waals surface area contributed by atoms with Crippen LogP contribution in [0.4, 0.5) is 0 Å². The fourth-order valence-corrected chi connectivity index (χ4v) is 8.63. The normalized spacial score (nSPS) is 13.2. The lowest BCUT2D eigenvalue weighted by atomic mass is 10.1. The highest BCUT2D eigenvalue weighted by Crippen LogP contribution is 2.15. The molecule has 0 radical (unpaired) electrons. The highest BCUT2D eigenvalue weighted by molar-refractivity contribution is 5.71. The van der Waals surface area contributed by atoms with Gasteiger partial charge in [0.05, 0.1) is 0 Å². The molecule has 0 saturated heterocycles. The Bertz CT molecular complexity index is 1810. The Morgan fingerprint density at radius 2 is 0.494 bits per heavy atom. The maximum atomic E-state index is 12.9. The van der Waals surface area contributed by atoms with Gasteiger partial charge in [-0.2, -0.15) is 0 Å². The van der Waals surface area contributed by atoms with Crippen LogP contribution in [0.25, 0.3) is 0 Å². The van der Waals surface area contributed by atoms with Crippen LogP contribution in [0.3, 0.4) is 0 Å². The first-order valence-corrected chi connectivity index (χ1v) is 33.0. The van der Waals surface area contributed by atoms with E-state index in [1.807, 2.05) is 0 Å². The van der Waals surface area contributed by atoms with Crippen LogP contribution in [0.1, 0.15) is 278 Å². The molecule has 0 heterocycles. The zero-order valence-electron chi connectivity index (χ0n) is 52.2. The van der Waals surface area contributed by atoms with Crippen molar-refractivity contribution in [3.63, 3.8) is 0 Å². The van der Waals surface area contributed by atoms with Gasteiger partial charge in [0.25, 0.3) is 0 Å². The van der Waals surface area contributed by atoms with Crippen LogP contribution in [0, 0.1) is 0 Å². The van der Waals surface area contributed by atoms with Crippen molar-refractivity contribution in [2.24, 2.45) is 0 Å². The average molecular weight is 1120 g/mol. The largest absolute Gasteiger partial charge is 0.462 e. The number of carbonyl (C=O) groups is 3. The molecular formula is C75H120O6. The smallest absolute Gasteiger partial charge is 0.306 e. The molecule has 0 saturated carbocycles. The summed E-state index contributed by atoms with van der Waals surface area (Å²) < 4.78 is 16.9. The number of esters is 3. The molecule has 0 aliphatic rings. The van der Waals surface area contributed by atoms with Gasteiger partial charge in [0.1, 0.15) is 13.2 Å². The van der Waals surface area contributed by atoms with Gasteiger partial charge >= 0.3 is 17.9 Å². The number of rotatable bonds is 58. The van der Waals surface area contributed by atoms with E-state index in [-0.39, 0.29) is 37.5 Å². The lowest BCUT2D eigenvalue weighted by Gasteiger charge is -2.18. The second kappa shape index (κ2) is 67.5. The van der Waals surface area contributed by atoms with Crippen molar-refractivity contribution in [2.45, 2.75) is 284 Å². The Kier molecular flexibility index (Phi) is 63.4. The van der Waals surface area contributed by atoms with Crippen LogP contribution in [-0.2, 0) is 28.6 Å². The molecule has 0 rings (SSSR count). The van der Waals surface area contributed by atoms with Crippen LogP contribution < -0.4 is 0 Å². The minimum atomic E-state index is -0.820. The maximum absolute atomic E-state index is 12.9. The van der Waals surface area contributed by atoms with Crippen molar-refractivity contribution >= 4 is 17.9 Å². The molecule has 1 unspecified atom stereocenters. The topological polar surface area (TPSA) is 78.9 Å². The Balaban J connectivity index is 4.50. The van der Waals surface area contributed by atoms with E-state index in [9.17, 15) is 14.4 Å². The van der Waals surface area contributed by atoms with Crippen molar-refractivity contribution in [1.82, 2.24) is 0 Å². The standard InChI is InChI=1S/C75H120O6/c1-4-7-10-13-16-19-22-25-28-31-33-34-35-36-37-38-39-40-42-44-47-50-53-56-59-62-65-68-74(77)80-71-72(70-79-73(76)67-64-61-58-55-52-49-46-43-30-27-24-21-18-15-12-9-6-3)81-75(78)69-66-63-60-57-54-51-48-45-41-32-29-26-23-20-17-14-11-8-5-2/h7,9-10,12,16,18-19,21,25-30,33-34,36-37,39-40,44,46-47,49,55,58,72H,4-6,8,11,13-15,17,20,22-24,31-32,35,38,41-43,45,48,50-54,56-57,59-71H2,1-3H3/b10-7-,12-9-,19-16-,21-18-,28-25-,29-26-,30-27-,34-33-,37-36-,40-39-,47-44-,49-46-,58-55-. The summed E-state index contributed by atoms with van der Waals surface area (Å²) in [6.07, 6.45) is 98.2. The van der Waals surface area contributed by atoms with E-state index in [1.54, 1.807) is 0 Å². The molecule has 0 bridgehead atoms. The molecule has 0 aromatic carbocycles. The zero-order chi connectivity index (χ0) is 58.5. The minimum Gasteiger partial charge on any atom is -0.462 e. The third kappa shape index (κ3) is 65.7. The molecule has 1 atom stereocenters. The van der Waals surface area contributed by atoms with Crippen LogP contribution in [-0.4, -0.2) is 37.2 Å². The molecule has 0 aromatic heterocycles. The van der Waals surface area contributed by atoms with E-state index in [4.69, 9.17) is 14.2 Å². The van der Waals surface area contributed by atoms with Crippen molar-refractivity contribution in [3.05, 3.63) is 158 Å². The van der Waals surface area contributed by atoms with Crippen molar-refractivity contribution in [3.8, 4) is 0 Å². The number of carbonyl (C=O) groups excluding carboxylic acids is 3. The van der Waals surface area contributed by atoms with E-state index >= 15 is 0 Å². The number of hydrogen-bond acceptors (Lipinski definition) is 6. The van der Waals surface area contributed by atoms with Crippen LogP contribution in [0.15, 0.2) is 158 Å². The summed E-state index contributed by atoms with van der Waals surface area (Å²) in [6.45, 7) is 6.35. The Labute approximate surface area is 499 Å². The molecule has 6 nitrogen and oxygen atoms in total. The number of hydrogen-bond donors (Lipinski definition) is 0. The first-order chi connectivity index (χ1) is 40.0. The summed E-state index contributed by atoms with van der Waals surface area (Å²) in [7, 11) is 0. The molecule has 0 fully saturated rings. The van der Waals surface area contributed by atoms with Crippen LogP contribution >= 0.6 is 0 Å². The quantitative estimate of drug-likeness (QED) is 0.0261. The predicted molar refractivity (Wildman–Crippen MR) is 352 cm³/mol. The number of unbranched alkanes of at least 4 members (excludes halogenated alkanes) is 21. The summed E-state index contributed by atoms with van der Waals surface area (Å²) in [6, 6.07) is 0. The molecule has 0 aliphatic heterocycles. The third-order valence-electron chi connectivity index (χ3n) is 13.5. The molecule has 0 spiro atoms. The Morgan fingerprint density at radius 1 is 0.259 bits per heavy atom. The second-order valence-electron chi connectivity index (χ2n) is 21.3. The van der Waals surface area contributed by atoms with Gasteiger partial charge in [-0.15, -0.1) is 0 Å². The van der Waals surface area contributed by atoms with Crippen molar-refractivity contribution in [1.29, 1.82) is 0 Å². The van der Waals surface area contributed by atoms with Gasteiger partial charge in [-0.05, 0) is 141 Å². The monoisotopic (exact) mass is 1120 g/mol. The van der Waals surface area contributed by atoms with E-state index in [0.717, 1.165) is 141 Å².